The van der Waals surface area contributed by atoms with Crippen LogP contribution in [0.1, 0.15) is 12.5 Å². The van der Waals surface area contributed by atoms with Crippen LogP contribution in [0.25, 0.3) is 0 Å². The largest absolute Gasteiger partial charge is 0.508 e. The van der Waals surface area contributed by atoms with Gasteiger partial charge in [-0.25, -0.2) is 4.79 Å². The number of rotatable bonds is 2. The number of hydrogen-bond acceptors (Lipinski definition) is 4. The molecule has 0 unspecified atom stereocenters. The van der Waals surface area contributed by atoms with Crippen LogP contribution in [0.5, 0.6) is 11.5 Å². The molecule has 0 spiro atoms. The molecule has 0 aromatic heterocycles. The maximum Gasteiger partial charge on any atom is 0.328 e. The van der Waals surface area contributed by atoms with Crippen LogP contribution in [-0.4, -0.2) is 21.3 Å². The molecule has 5 nitrogen and oxygen atoms in total. The molecular formula is C9H11NO4. The average Bonchev–Trinajstić information content (AvgIpc) is 2.08. The fourth-order valence-electron chi connectivity index (χ4n) is 1.06. The van der Waals surface area contributed by atoms with E-state index < -0.39 is 11.5 Å². The summed E-state index contributed by atoms with van der Waals surface area (Å²) in [6, 6.07) is 3.57. The topological polar surface area (TPSA) is 104 Å². The van der Waals surface area contributed by atoms with Gasteiger partial charge < -0.3 is 21.1 Å². The normalized spacial score (nSPS) is 14.7. The van der Waals surface area contributed by atoms with Gasteiger partial charge in [0.15, 0.2) is 0 Å². The SMILES string of the molecule is C[C@](N)(C(=O)O)c1cc(O)ccc1O. The summed E-state index contributed by atoms with van der Waals surface area (Å²) in [5, 5.41) is 27.3. The van der Waals surface area contributed by atoms with Gasteiger partial charge in [-0.1, -0.05) is 0 Å². The van der Waals surface area contributed by atoms with E-state index in [0.717, 1.165) is 6.07 Å². The van der Waals surface area contributed by atoms with Crippen LogP contribution in [0.15, 0.2) is 18.2 Å². The molecule has 0 saturated heterocycles. The predicted molar refractivity (Wildman–Crippen MR) is 48.9 cm³/mol. The molecule has 1 rings (SSSR count). The predicted octanol–water partition coefficient (Wildman–Crippen LogP) is 0.356. The first kappa shape index (κ1) is 10.3. The summed E-state index contributed by atoms with van der Waals surface area (Å²) in [5.74, 6) is -1.68. The quantitative estimate of drug-likeness (QED) is 0.512. The van der Waals surface area contributed by atoms with Gasteiger partial charge in [-0.2, -0.15) is 0 Å². The maximum atomic E-state index is 10.8. The second-order valence-corrected chi connectivity index (χ2v) is 3.21. The number of benzene rings is 1. The summed E-state index contributed by atoms with van der Waals surface area (Å²) in [5.41, 5.74) is 3.74. The van der Waals surface area contributed by atoms with Crippen molar-refractivity contribution < 1.29 is 20.1 Å². The molecule has 5 N–H and O–H groups in total. The molecule has 0 aliphatic carbocycles. The Bertz CT molecular complexity index is 373. The van der Waals surface area contributed by atoms with Gasteiger partial charge in [-0.3, -0.25) is 0 Å². The van der Waals surface area contributed by atoms with E-state index in [2.05, 4.69) is 0 Å². The van der Waals surface area contributed by atoms with Crippen molar-refractivity contribution in [3.8, 4) is 11.5 Å². The first-order chi connectivity index (χ1) is 6.35. The molecule has 0 saturated carbocycles. The molecule has 0 aliphatic heterocycles. The van der Waals surface area contributed by atoms with E-state index in [1.807, 2.05) is 0 Å². The Morgan fingerprint density at radius 2 is 2.00 bits per heavy atom. The van der Waals surface area contributed by atoms with E-state index in [9.17, 15) is 9.90 Å². The van der Waals surface area contributed by atoms with Gasteiger partial charge >= 0.3 is 5.97 Å². The number of aliphatic carboxylic acids is 1. The summed E-state index contributed by atoms with van der Waals surface area (Å²) in [7, 11) is 0. The number of phenols is 2. The molecule has 14 heavy (non-hydrogen) atoms. The molecule has 0 fully saturated rings. The molecule has 1 aromatic rings. The smallest absolute Gasteiger partial charge is 0.328 e. The van der Waals surface area contributed by atoms with E-state index in [1.54, 1.807) is 0 Å². The van der Waals surface area contributed by atoms with Crippen LogP contribution in [0.4, 0.5) is 0 Å². The van der Waals surface area contributed by atoms with Crippen molar-refractivity contribution in [3.05, 3.63) is 23.8 Å². The summed E-state index contributed by atoms with van der Waals surface area (Å²) >= 11 is 0. The molecule has 1 atom stereocenters. The monoisotopic (exact) mass is 197 g/mol. The highest BCUT2D eigenvalue weighted by molar-refractivity contribution is 5.81. The Kier molecular flexibility index (Phi) is 2.35. The van der Waals surface area contributed by atoms with Crippen molar-refractivity contribution in [1.29, 1.82) is 0 Å². The van der Waals surface area contributed by atoms with Crippen molar-refractivity contribution >= 4 is 5.97 Å². The second-order valence-electron chi connectivity index (χ2n) is 3.21. The Labute approximate surface area is 80.4 Å². The van der Waals surface area contributed by atoms with E-state index in [4.69, 9.17) is 15.9 Å². The van der Waals surface area contributed by atoms with E-state index in [-0.39, 0.29) is 17.1 Å². The van der Waals surface area contributed by atoms with Gasteiger partial charge in [-0.05, 0) is 25.1 Å². The van der Waals surface area contributed by atoms with Gasteiger partial charge in [0.2, 0.25) is 0 Å². The minimum Gasteiger partial charge on any atom is -0.508 e. The standard InChI is InChI=1S/C9H11NO4/c1-9(10,8(13)14)6-4-5(11)2-3-7(6)12/h2-4,11-12H,10H2,1H3,(H,13,14)/t9-/m1/s1. The third kappa shape index (κ3) is 1.62. The first-order valence-electron chi connectivity index (χ1n) is 3.90. The number of carboxylic acid groups (broad SMARTS) is 1. The molecule has 76 valence electrons. The number of carbonyl (C=O) groups is 1. The van der Waals surface area contributed by atoms with Crippen molar-refractivity contribution in [1.82, 2.24) is 0 Å². The lowest BCUT2D eigenvalue weighted by Crippen LogP contribution is -2.41. The molecule has 1 aromatic carbocycles. The van der Waals surface area contributed by atoms with Gasteiger partial charge in [0.05, 0.1) is 0 Å². The highest BCUT2D eigenvalue weighted by Crippen LogP contribution is 2.30. The summed E-state index contributed by atoms with van der Waals surface area (Å²) in [4.78, 5) is 10.8. The molecule has 0 amide bonds. The Morgan fingerprint density at radius 3 is 2.50 bits per heavy atom. The lowest BCUT2D eigenvalue weighted by molar-refractivity contribution is -0.143. The minimum absolute atomic E-state index is 0.0231. The van der Waals surface area contributed by atoms with Gasteiger partial charge in [0, 0.05) is 5.56 Å². The molecule has 0 radical (unpaired) electrons. The second kappa shape index (κ2) is 3.19. The van der Waals surface area contributed by atoms with Crippen LogP contribution < -0.4 is 5.73 Å². The number of aromatic hydroxyl groups is 2. The fourth-order valence-corrected chi connectivity index (χ4v) is 1.06. The average molecular weight is 197 g/mol. The minimum atomic E-state index is -1.72. The third-order valence-corrected chi connectivity index (χ3v) is 1.98. The fraction of sp³-hybridized carbons (Fsp3) is 0.222. The van der Waals surface area contributed by atoms with Crippen molar-refractivity contribution in [2.45, 2.75) is 12.5 Å². The number of phenolic OH excluding ortho intramolecular Hbond substituents is 2. The first-order valence-corrected chi connectivity index (χ1v) is 3.90. The number of carboxylic acids is 1. The number of hydrogen-bond donors (Lipinski definition) is 4. The van der Waals surface area contributed by atoms with Crippen LogP contribution in [-0.2, 0) is 10.3 Å². The molecule has 0 aliphatic rings. The van der Waals surface area contributed by atoms with Crippen LogP contribution in [0.3, 0.4) is 0 Å². The third-order valence-electron chi connectivity index (χ3n) is 1.98. The van der Waals surface area contributed by atoms with Gasteiger partial charge in [-0.15, -0.1) is 0 Å². The van der Waals surface area contributed by atoms with Crippen LogP contribution >= 0.6 is 0 Å². The van der Waals surface area contributed by atoms with Crippen molar-refractivity contribution in [2.75, 3.05) is 0 Å². The summed E-state index contributed by atoms with van der Waals surface area (Å²) in [6.07, 6.45) is 0. The van der Waals surface area contributed by atoms with Crippen molar-refractivity contribution in [3.63, 3.8) is 0 Å². The Morgan fingerprint density at radius 1 is 1.43 bits per heavy atom. The van der Waals surface area contributed by atoms with Crippen LogP contribution in [0.2, 0.25) is 0 Å². The van der Waals surface area contributed by atoms with Crippen LogP contribution in [0, 0.1) is 0 Å². The highest BCUT2D eigenvalue weighted by Gasteiger charge is 2.33. The Balaban J connectivity index is 3.31. The lowest BCUT2D eigenvalue weighted by atomic mass is 9.92. The molecule has 0 heterocycles. The Hall–Kier alpha value is -1.75. The van der Waals surface area contributed by atoms with E-state index >= 15 is 0 Å². The zero-order valence-electron chi connectivity index (χ0n) is 7.56. The van der Waals surface area contributed by atoms with E-state index in [0.29, 0.717) is 0 Å². The number of nitrogens with two attached hydrogens (primary N) is 1. The summed E-state index contributed by atoms with van der Waals surface area (Å²) in [6.45, 7) is 1.24. The molecule has 0 bridgehead atoms. The maximum absolute atomic E-state index is 10.8. The highest BCUT2D eigenvalue weighted by atomic mass is 16.4. The zero-order chi connectivity index (χ0) is 10.9. The van der Waals surface area contributed by atoms with Gasteiger partial charge in [0.25, 0.3) is 0 Å². The van der Waals surface area contributed by atoms with Crippen molar-refractivity contribution in [2.24, 2.45) is 5.73 Å². The molecule has 5 heteroatoms. The molecular weight excluding hydrogens is 186 g/mol. The summed E-state index contributed by atoms with van der Waals surface area (Å²) < 4.78 is 0. The van der Waals surface area contributed by atoms with E-state index in [1.165, 1.54) is 19.1 Å². The van der Waals surface area contributed by atoms with Gasteiger partial charge in [0.1, 0.15) is 17.0 Å². The zero-order valence-corrected chi connectivity index (χ0v) is 7.56. The lowest BCUT2D eigenvalue weighted by Gasteiger charge is -2.20.